The zero-order valence-electron chi connectivity index (χ0n) is 12.1. The molecular weight excluding hydrogens is 308 g/mol. The van der Waals surface area contributed by atoms with Crippen LogP contribution in [-0.2, 0) is 14.8 Å². The zero-order chi connectivity index (χ0) is 16.8. The van der Waals surface area contributed by atoms with Gasteiger partial charge in [-0.15, -0.1) is 6.58 Å². The molecule has 1 aromatic rings. The van der Waals surface area contributed by atoms with Crippen LogP contribution < -0.4 is 10.0 Å². The van der Waals surface area contributed by atoms with Crippen LogP contribution in [0.15, 0.2) is 41.8 Å². The highest BCUT2D eigenvalue weighted by molar-refractivity contribution is 7.89. The van der Waals surface area contributed by atoms with Gasteiger partial charge in [0.15, 0.2) is 0 Å². The van der Waals surface area contributed by atoms with E-state index >= 15 is 0 Å². The van der Waals surface area contributed by atoms with Gasteiger partial charge in [0.25, 0.3) is 5.91 Å². The highest BCUT2D eigenvalue weighted by Gasteiger charge is 2.20. The van der Waals surface area contributed by atoms with Gasteiger partial charge in [-0.1, -0.05) is 19.1 Å². The number of carboxylic acid groups (broad SMARTS) is 1. The van der Waals surface area contributed by atoms with Crippen molar-refractivity contribution in [2.24, 2.45) is 0 Å². The van der Waals surface area contributed by atoms with Crippen molar-refractivity contribution in [3.8, 4) is 0 Å². The van der Waals surface area contributed by atoms with Crippen molar-refractivity contribution in [3.63, 3.8) is 0 Å². The van der Waals surface area contributed by atoms with Crippen LogP contribution in [0, 0.1) is 0 Å². The molecule has 0 saturated heterocycles. The Bertz CT molecular complexity index is 670. The molecule has 8 heteroatoms. The van der Waals surface area contributed by atoms with Gasteiger partial charge in [0.1, 0.15) is 6.04 Å². The summed E-state index contributed by atoms with van der Waals surface area (Å²) in [5.74, 6) is -1.79. The Morgan fingerprint density at radius 3 is 2.64 bits per heavy atom. The molecular formula is C14H18N2O5S. The number of benzene rings is 1. The summed E-state index contributed by atoms with van der Waals surface area (Å²) < 4.78 is 26.2. The van der Waals surface area contributed by atoms with Gasteiger partial charge in [0, 0.05) is 12.1 Å². The summed E-state index contributed by atoms with van der Waals surface area (Å²) in [5, 5.41) is 11.3. The van der Waals surface area contributed by atoms with Crippen molar-refractivity contribution < 1.29 is 23.1 Å². The van der Waals surface area contributed by atoms with Crippen LogP contribution in [-0.4, -0.2) is 38.0 Å². The highest BCUT2D eigenvalue weighted by atomic mass is 32.2. The molecule has 0 saturated carbocycles. The first-order chi connectivity index (χ1) is 10.3. The Balaban J connectivity index is 2.99. The number of carbonyl (C=O) groups excluding carboxylic acids is 1. The van der Waals surface area contributed by atoms with Gasteiger partial charge in [-0.05, 0) is 24.6 Å². The third-order valence-electron chi connectivity index (χ3n) is 2.84. The van der Waals surface area contributed by atoms with Crippen LogP contribution in [0.1, 0.15) is 23.7 Å². The molecule has 1 rings (SSSR count). The van der Waals surface area contributed by atoms with Crippen molar-refractivity contribution in [1.29, 1.82) is 0 Å². The molecule has 7 nitrogen and oxygen atoms in total. The second-order valence-corrected chi connectivity index (χ2v) is 6.21. The summed E-state index contributed by atoms with van der Waals surface area (Å²) in [6, 6.07) is 4.34. The summed E-state index contributed by atoms with van der Waals surface area (Å²) >= 11 is 0. The number of hydrogen-bond donors (Lipinski definition) is 3. The van der Waals surface area contributed by atoms with E-state index < -0.39 is 27.9 Å². The maximum atomic E-state index is 12.0. The summed E-state index contributed by atoms with van der Waals surface area (Å²) in [4.78, 5) is 22.8. The number of sulfonamides is 1. The van der Waals surface area contributed by atoms with Crippen molar-refractivity contribution >= 4 is 21.9 Å². The van der Waals surface area contributed by atoms with E-state index in [2.05, 4.69) is 16.6 Å². The molecule has 1 unspecified atom stereocenters. The lowest BCUT2D eigenvalue weighted by Gasteiger charge is -2.13. The van der Waals surface area contributed by atoms with E-state index in [1.807, 2.05) is 0 Å². The van der Waals surface area contributed by atoms with Crippen LogP contribution in [0.25, 0.3) is 0 Å². The molecule has 0 aliphatic carbocycles. The van der Waals surface area contributed by atoms with E-state index in [0.29, 0.717) is 0 Å². The molecule has 3 N–H and O–H groups in total. The first-order valence-corrected chi connectivity index (χ1v) is 8.04. The molecule has 0 aromatic heterocycles. The number of hydrogen-bond acceptors (Lipinski definition) is 4. The van der Waals surface area contributed by atoms with Gasteiger partial charge < -0.3 is 10.4 Å². The Labute approximate surface area is 129 Å². The van der Waals surface area contributed by atoms with Crippen molar-refractivity contribution in [2.75, 3.05) is 6.54 Å². The van der Waals surface area contributed by atoms with Gasteiger partial charge >= 0.3 is 5.97 Å². The number of nitrogens with one attached hydrogen (secondary N) is 2. The largest absolute Gasteiger partial charge is 0.480 e. The molecule has 22 heavy (non-hydrogen) atoms. The van der Waals surface area contributed by atoms with Gasteiger partial charge in [0.2, 0.25) is 10.0 Å². The third kappa shape index (κ3) is 4.68. The van der Waals surface area contributed by atoms with Gasteiger partial charge in [-0.25, -0.2) is 17.9 Å². The fourth-order valence-electron chi connectivity index (χ4n) is 1.64. The van der Waals surface area contributed by atoms with E-state index in [1.54, 1.807) is 6.92 Å². The van der Waals surface area contributed by atoms with Gasteiger partial charge in [0.05, 0.1) is 4.90 Å². The van der Waals surface area contributed by atoms with Crippen LogP contribution in [0.3, 0.4) is 0 Å². The second kappa shape index (κ2) is 7.71. The minimum absolute atomic E-state index is 0.0652. The predicted octanol–water partition coefficient (Wildman–Crippen LogP) is 0.744. The Hall–Kier alpha value is -2.19. The average Bonchev–Trinajstić information content (AvgIpc) is 2.50. The van der Waals surface area contributed by atoms with E-state index in [9.17, 15) is 18.0 Å². The molecule has 0 aliphatic heterocycles. The molecule has 1 aromatic carbocycles. The van der Waals surface area contributed by atoms with Crippen molar-refractivity contribution in [1.82, 2.24) is 10.0 Å². The maximum absolute atomic E-state index is 12.0. The summed E-state index contributed by atoms with van der Waals surface area (Å²) in [7, 11) is -3.75. The summed E-state index contributed by atoms with van der Waals surface area (Å²) in [5.41, 5.74) is 0.0705. The number of carboxylic acids is 1. The molecule has 120 valence electrons. The van der Waals surface area contributed by atoms with E-state index in [0.717, 1.165) is 0 Å². The first-order valence-electron chi connectivity index (χ1n) is 6.56. The van der Waals surface area contributed by atoms with Gasteiger partial charge in [-0.3, -0.25) is 4.79 Å². The number of amides is 1. The lowest BCUT2D eigenvalue weighted by atomic mass is 10.1. The molecule has 0 fully saturated rings. The quantitative estimate of drug-likeness (QED) is 0.610. The summed E-state index contributed by atoms with van der Waals surface area (Å²) in [6.07, 6.45) is 1.62. The third-order valence-corrected chi connectivity index (χ3v) is 4.26. The molecule has 0 radical (unpaired) electrons. The Morgan fingerprint density at radius 1 is 1.41 bits per heavy atom. The predicted molar refractivity (Wildman–Crippen MR) is 81.0 cm³/mol. The standard InChI is InChI=1S/C14H18N2O5S/c1-3-8-15-22(20,21)11-7-5-6-10(9-11)13(17)16-12(4-2)14(18)19/h3,5-7,9,12,15H,1,4,8H2,2H3,(H,16,17)(H,18,19). The number of aliphatic carboxylic acids is 1. The zero-order valence-corrected chi connectivity index (χ0v) is 12.9. The maximum Gasteiger partial charge on any atom is 0.326 e. The van der Waals surface area contributed by atoms with Crippen LogP contribution >= 0.6 is 0 Å². The van der Waals surface area contributed by atoms with Crippen molar-refractivity contribution in [2.45, 2.75) is 24.3 Å². The number of rotatable bonds is 8. The molecule has 1 atom stereocenters. The van der Waals surface area contributed by atoms with Crippen molar-refractivity contribution in [3.05, 3.63) is 42.5 Å². The van der Waals surface area contributed by atoms with E-state index in [-0.39, 0.29) is 23.4 Å². The fraction of sp³-hybridized carbons (Fsp3) is 0.286. The lowest BCUT2D eigenvalue weighted by molar-refractivity contribution is -0.139. The SMILES string of the molecule is C=CCNS(=O)(=O)c1cccc(C(=O)NC(CC)C(=O)O)c1. The fourth-order valence-corrected chi connectivity index (χ4v) is 2.68. The molecule has 1 amide bonds. The molecule has 0 heterocycles. The monoisotopic (exact) mass is 326 g/mol. The first kappa shape index (κ1) is 17.9. The second-order valence-electron chi connectivity index (χ2n) is 4.44. The van der Waals surface area contributed by atoms with Crippen LogP contribution in [0.2, 0.25) is 0 Å². The topological polar surface area (TPSA) is 113 Å². The molecule has 0 aliphatic rings. The normalized spacial score (nSPS) is 12.4. The molecule has 0 spiro atoms. The Morgan fingerprint density at radius 2 is 2.09 bits per heavy atom. The minimum Gasteiger partial charge on any atom is -0.480 e. The van der Waals surface area contributed by atoms with Gasteiger partial charge in [-0.2, -0.15) is 0 Å². The highest BCUT2D eigenvalue weighted by Crippen LogP contribution is 2.12. The lowest BCUT2D eigenvalue weighted by Crippen LogP contribution is -2.40. The van der Waals surface area contributed by atoms with Crippen LogP contribution in [0.5, 0.6) is 0 Å². The summed E-state index contributed by atoms with van der Waals surface area (Å²) in [6.45, 7) is 5.10. The molecule has 0 bridgehead atoms. The Kier molecular flexibility index (Phi) is 6.26. The number of carbonyl (C=O) groups is 2. The minimum atomic E-state index is -3.75. The average molecular weight is 326 g/mol. The van der Waals surface area contributed by atoms with E-state index in [1.165, 1.54) is 30.3 Å². The van der Waals surface area contributed by atoms with Crippen LogP contribution in [0.4, 0.5) is 0 Å². The smallest absolute Gasteiger partial charge is 0.326 e. The van der Waals surface area contributed by atoms with E-state index in [4.69, 9.17) is 5.11 Å².